The maximum absolute atomic E-state index is 5.66. The summed E-state index contributed by atoms with van der Waals surface area (Å²) < 4.78 is 5.66. The zero-order chi connectivity index (χ0) is 18.2. The van der Waals surface area contributed by atoms with Gasteiger partial charge >= 0.3 is 0 Å². The number of rotatable bonds is 5. The number of hydrogen-bond donors (Lipinski definition) is 0. The highest BCUT2D eigenvalue weighted by Gasteiger charge is 2.43. The highest BCUT2D eigenvalue weighted by molar-refractivity contribution is 7.59. The van der Waals surface area contributed by atoms with E-state index in [4.69, 9.17) is 4.74 Å². The number of morpholine rings is 1. The Morgan fingerprint density at radius 3 is 2.08 bits per heavy atom. The minimum atomic E-state index is -0.303. The third kappa shape index (κ3) is 4.02. The lowest BCUT2D eigenvalue weighted by molar-refractivity contribution is 0.0179. The molecular formula is C23H28NOP. The van der Waals surface area contributed by atoms with Crippen LogP contribution in [0.25, 0.3) is 0 Å². The number of benzene rings is 2. The summed E-state index contributed by atoms with van der Waals surface area (Å²) in [5, 5.41) is -0.209. The van der Waals surface area contributed by atoms with Gasteiger partial charge in [0.2, 0.25) is 0 Å². The first-order valence-corrected chi connectivity index (χ1v) is 11.2. The zero-order valence-electron chi connectivity index (χ0n) is 15.8. The molecule has 2 aromatic carbocycles. The van der Waals surface area contributed by atoms with Gasteiger partial charge in [0.15, 0.2) is 0 Å². The molecule has 0 aliphatic carbocycles. The van der Waals surface area contributed by atoms with Crippen LogP contribution in [0.5, 0.6) is 0 Å². The van der Waals surface area contributed by atoms with Gasteiger partial charge in [0, 0.05) is 18.7 Å². The van der Waals surface area contributed by atoms with Crippen molar-refractivity contribution in [1.29, 1.82) is 0 Å². The second-order valence-electron chi connectivity index (χ2n) is 6.43. The fourth-order valence-electron chi connectivity index (χ4n) is 3.72. The number of ether oxygens (including phenoxy) is 1. The smallest absolute Gasteiger partial charge is 0.128 e. The van der Waals surface area contributed by atoms with Gasteiger partial charge in [-0.25, -0.2) is 0 Å². The normalized spacial score (nSPS) is 17.3. The first kappa shape index (κ1) is 19.1. The monoisotopic (exact) mass is 365 g/mol. The van der Waals surface area contributed by atoms with E-state index in [2.05, 4.69) is 85.2 Å². The van der Waals surface area contributed by atoms with Gasteiger partial charge in [-0.3, -0.25) is 4.90 Å². The molecule has 2 nitrogen and oxygen atoms in total. The van der Waals surface area contributed by atoms with Crippen molar-refractivity contribution in [3.05, 3.63) is 71.8 Å². The summed E-state index contributed by atoms with van der Waals surface area (Å²) >= 11 is 0. The second kappa shape index (κ2) is 9.33. The first-order chi connectivity index (χ1) is 12.8. The molecule has 0 amide bonds. The Morgan fingerprint density at radius 1 is 0.923 bits per heavy atom. The fraction of sp³-hybridized carbons (Fsp3) is 0.391. The van der Waals surface area contributed by atoms with Crippen molar-refractivity contribution >= 4 is 7.92 Å². The van der Waals surface area contributed by atoms with E-state index in [-0.39, 0.29) is 13.2 Å². The molecule has 1 saturated heterocycles. The standard InChI is InChI=1S/C23H28NOP/c1-3-26(4-2)23(22-13-9-6-10-14-22,24-17-19-25-20-18-24)16-15-21-11-7-5-8-12-21/h5-14H,3-4,17-20H2,1-2H3. The second-order valence-corrected chi connectivity index (χ2v) is 9.42. The summed E-state index contributed by atoms with van der Waals surface area (Å²) in [6.45, 7) is 8.10. The molecule has 0 N–H and O–H groups in total. The zero-order valence-corrected chi connectivity index (χ0v) is 16.7. The lowest BCUT2D eigenvalue weighted by atomic mass is 10.0. The van der Waals surface area contributed by atoms with Crippen LogP contribution in [0.15, 0.2) is 60.7 Å². The summed E-state index contributed by atoms with van der Waals surface area (Å²) in [6, 6.07) is 21.3. The predicted molar refractivity (Wildman–Crippen MR) is 112 cm³/mol. The van der Waals surface area contributed by atoms with Gasteiger partial charge in [0.1, 0.15) is 5.28 Å². The van der Waals surface area contributed by atoms with E-state index in [0.717, 1.165) is 31.9 Å². The lowest BCUT2D eigenvalue weighted by Crippen LogP contribution is -2.50. The van der Waals surface area contributed by atoms with Crippen LogP contribution in [0.1, 0.15) is 25.0 Å². The van der Waals surface area contributed by atoms with Crippen LogP contribution in [0, 0.1) is 11.8 Å². The molecular weight excluding hydrogens is 337 g/mol. The summed E-state index contributed by atoms with van der Waals surface area (Å²) in [6.07, 6.45) is 2.34. The molecule has 3 heteroatoms. The van der Waals surface area contributed by atoms with Gasteiger partial charge in [0.25, 0.3) is 0 Å². The molecule has 26 heavy (non-hydrogen) atoms. The molecule has 1 unspecified atom stereocenters. The minimum absolute atomic E-state index is 0.209. The Hall–Kier alpha value is -1.65. The Bertz CT molecular complexity index is 727. The van der Waals surface area contributed by atoms with E-state index in [1.165, 1.54) is 17.9 Å². The van der Waals surface area contributed by atoms with Crippen molar-refractivity contribution in [2.75, 3.05) is 38.6 Å². The molecule has 1 atom stereocenters. The molecule has 0 radical (unpaired) electrons. The van der Waals surface area contributed by atoms with Crippen LogP contribution >= 0.6 is 7.92 Å². The van der Waals surface area contributed by atoms with Gasteiger partial charge < -0.3 is 4.74 Å². The molecule has 1 heterocycles. The maximum atomic E-state index is 5.66. The average molecular weight is 365 g/mol. The minimum Gasteiger partial charge on any atom is -0.379 e. The summed E-state index contributed by atoms with van der Waals surface area (Å²) in [4.78, 5) is 2.58. The van der Waals surface area contributed by atoms with Crippen molar-refractivity contribution in [3.63, 3.8) is 0 Å². The van der Waals surface area contributed by atoms with Gasteiger partial charge in [-0.2, -0.15) is 0 Å². The van der Waals surface area contributed by atoms with Gasteiger partial charge in [-0.1, -0.05) is 82.1 Å². The Kier molecular flexibility index (Phi) is 6.86. The summed E-state index contributed by atoms with van der Waals surface area (Å²) in [5.41, 5.74) is 2.42. The van der Waals surface area contributed by atoms with Crippen LogP contribution in [-0.4, -0.2) is 43.5 Å². The van der Waals surface area contributed by atoms with Crippen LogP contribution < -0.4 is 0 Å². The van der Waals surface area contributed by atoms with E-state index in [0.29, 0.717) is 0 Å². The lowest BCUT2D eigenvalue weighted by Gasteiger charge is -2.47. The van der Waals surface area contributed by atoms with Gasteiger partial charge in [0.05, 0.1) is 13.2 Å². The third-order valence-corrected chi connectivity index (χ3v) is 8.12. The van der Waals surface area contributed by atoms with E-state index in [9.17, 15) is 0 Å². The van der Waals surface area contributed by atoms with E-state index in [1.807, 2.05) is 6.07 Å². The predicted octanol–water partition coefficient (Wildman–Crippen LogP) is 4.75. The van der Waals surface area contributed by atoms with Gasteiger partial charge in [-0.15, -0.1) is 0 Å². The number of hydrogen-bond acceptors (Lipinski definition) is 2. The average Bonchev–Trinajstić information content (AvgIpc) is 2.73. The van der Waals surface area contributed by atoms with Crippen molar-refractivity contribution in [2.24, 2.45) is 0 Å². The third-order valence-electron chi connectivity index (χ3n) is 5.02. The molecule has 3 rings (SSSR count). The van der Waals surface area contributed by atoms with Crippen molar-refractivity contribution < 1.29 is 4.74 Å². The van der Waals surface area contributed by atoms with Crippen molar-refractivity contribution in [2.45, 2.75) is 19.1 Å². The summed E-state index contributed by atoms with van der Waals surface area (Å²) in [5.74, 6) is 7.30. The van der Waals surface area contributed by atoms with E-state index in [1.54, 1.807) is 0 Å². The Labute approximate surface area is 159 Å². The van der Waals surface area contributed by atoms with Crippen LogP contribution in [0.2, 0.25) is 0 Å². The first-order valence-electron chi connectivity index (χ1n) is 9.53. The molecule has 1 aliphatic heterocycles. The molecule has 1 aliphatic rings. The maximum Gasteiger partial charge on any atom is 0.128 e. The SMILES string of the molecule is CCP(CC)C(C#Cc1ccccc1)(c1ccccc1)N1CCOCC1. The topological polar surface area (TPSA) is 12.5 Å². The largest absolute Gasteiger partial charge is 0.379 e. The Balaban J connectivity index is 2.15. The van der Waals surface area contributed by atoms with Crippen LogP contribution in [0.3, 0.4) is 0 Å². The summed E-state index contributed by atoms with van der Waals surface area (Å²) in [7, 11) is -0.303. The molecule has 136 valence electrons. The molecule has 2 aromatic rings. The number of nitrogens with zero attached hydrogens (tertiary/aromatic N) is 1. The highest BCUT2D eigenvalue weighted by atomic mass is 31.1. The molecule has 0 aromatic heterocycles. The quantitative estimate of drug-likeness (QED) is 0.560. The molecule has 0 saturated carbocycles. The molecule has 1 fully saturated rings. The fourth-order valence-corrected chi connectivity index (χ4v) is 6.41. The molecule has 0 bridgehead atoms. The van der Waals surface area contributed by atoms with Gasteiger partial charge in [-0.05, 0) is 30.0 Å². The Morgan fingerprint density at radius 2 is 1.50 bits per heavy atom. The highest BCUT2D eigenvalue weighted by Crippen LogP contribution is 2.57. The van der Waals surface area contributed by atoms with Crippen LogP contribution in [-0.2, 0) is 10.0 Å². The molecule has 0 spiro atoms. The van der Waals surface area contributed by atoms with Crippen LogP contribution in [0.4, 0.5) is 0 Å². The van der Waals surface area contributed by atoms with E-state index >= 15 is 0 Å². The van der Waals surface area contributed by atoms with E-state index < -0.39 is 0 Å². The van der Waals surface area contributed by atoms with Crippen molar-refractivity contribution in [1.82, 2.24) is 4.90 Å². The van der Waals surface area contributed by atoms with Crippen molar-refractivity contribution in [3.8, 4) is 11.8 Å².